The Hall–Kier alpha value is -2.87. The quantitative estimate of drug-likeness (QED) is 0.635. The molecule has 0 aliphatic heterocycles. The normalized spacial score (nSPS) is 11.3. The summed E-state index contributed by atoms with van der Waals surface area (Å²) in [7, 11) is 0. The highest BCUT2D eigenvalue weighted by molar-refractivity contribution is 7.80. The zero-order valence-electron chi connectivity index (χ0n) is 14.4. The van der Waals surface area contributed by atoms with Crippen LogP contribution in [-0.2, 0) is 12.7 Å². The first-order valence-electron chi connectivity index (χ1n) is 8.15. The Bertz CT molecular complexity index is 950. The van der Waals surface area contributed by atoms with Gasteiger partial charge in [0, 0.05) is 24.6 Å². The van der Waals surface area contributed by atoms with E-state index in [1.54, 1.807) is 6.20 Å². The zero-order valence-corrected chi connectivity index (χ0v) is 15.2. The number of aryl methyl sites for hydroxylation is 1. The van der Waals surface area contributed by atoms with E-state index in [2.05, 4.69) is 15.6 Å². The van der Waals surface area contributed by atoms with Gasteiger partial charge in [0.15, 0.2) is 5.11 Å². The molecular formula is C19H17F3N4S. The highest BCUT2D eigenvalue weighted by Crippen LogP contribution is 2.30. The molecule has 3 aromatic rings. The molecule has 0 saturated carbocycles. The predicted octanol–water partition coefficient (Wildman–Crippen LogP) is 4.69. The zero-order chi connectivity index (χ0) is 19.4. The van der Waals surface area contributed by atoms with Gasteiger partial charge in [0.2, 0.25) is 0 Å². The third-order valence-electron chi connectivity index (χ3n) is 3.96. The molecule has 3 rings (SSSR count). The van der Waals surface area contributed by atoms with Crippen molar-refractivity contribution in [3.63, 3.8) is 0 Å². The number of para-hydroxylation sites is 1. The number of alkyl halides is 3. The van der Waals surface area contributed by atoms with Crippen LogP contribution < -0.4 is 10.6 Å². The molecule has 8 heteroatoms. The van der Waals surface area contributed by atoms with Crippen LogP contribution in [0.3, 0.4) is 0 Å². The Kier molecular flexibility index (Phi) is 5.46. The lowest BCUT2D eigenvalue weighted by atomic mass is 10.1. The number of halogens is 3. The number of rotatable bonds is 4. The lowest BCUT2D eigenvalue weighted by molar-refractivity contribution is -0.137. The van der Waals surface area contributed by atoms with Gasteiger partial charge in [-0.2, -0.15) is 13.2 Å². The van der Waals surface area contributed by atoms with Crippen molar-refractivity contribution in [2.75, 3.05) is 5.32 Å². The molecule has 2 aromatic carbocycles. The summed E-state index contributed by atoms with van der Waals surface area (Å²) in [6.07, 6.45) is -0.804. The molecule has 0 fully saturated rings. The van der Waals surface area contributed by atoms with Gasteiger partial charge >= 0.3 is 6.18 Å². The van der Waals surface area contributed by atoms with Gasteiger partial charge in [-0.15, -0.1) is 0 Å². The lowest BCUT2D eigenvalue weighted by Gasteiger charge is -2.15. The number of aromatic nitrogens is 2. The second-order valence-electron chi connectivity index (χ2n) is 5.86. The topological polar surface area (TPSA) is 41.9 Å². The first kappa shape index (κ1) is 18.9. The van der Waals surface area contributed by atoms with Gasteiger partial charge in [-0.05, 0) is 49.0 Å². The molecule has 0 radical (unpaired) electrons. The fourth-order valence-corrected chi connectivity index (χ4v) is 2.84. The van der Waals surface area contributed by atoms with Crippen molar-refractivity contribution in [3.05, 3.63) is 77.9 Å². The van der Waals surface area contributed by atoms with Crippen LogP contribution in [0.25, 0.3) is 5.69 Å². The molecule has 0 amide bonds. The highest BCUT2D eigenvalue weighted by atomic mass is 32.1. The number of anilines is 1. The first-order chi connectivity index (χ1) is 12.8. The Labute approximate surface area is 160 Å². The summed E-state index contributed by atoms with van der Waals surface area (Å²) in [6, 6.07) is 12.7. The third-order valence-corrected chi connectivity index (χ3v) is 4.21. The fraction of sp³-hybridized carbons (Fsp3) is 0.158. The highest BCUT2D eigenvalue weighted by Gasteiger charge is 2.30. The second-order valence-corrected chi connectivity index (χ2v) is 6.27. The second kappa shape index (κ2) is 7.79. The molecule has 140 valence electrons. The standard InChI is InChI=1S/C19H17F3N4S/c1-13-23-9-10-26(13)17-8-3-2-5-14(17)12-24-18(27)25-16-7-4-6-15(11-16)19(20,21)22/h2-11H,12H2,1H3,(H2,24,25,27). The first-order valence-corrected chi connectivity index (χ1v) is 8.56. The minimum absolute atomic E-state index is 0.242. The SMILES string of the molecule is Cc1nccn1-c1ccccc1CNC(=S)Nc1cccc(C(F)(F)F)c1. The molecule has 0 spiro atoms. The molecule has 4 nitrogen and oxygen atoms in total. The van der Waals surface area contributed by atoms with Gasteiger partial charge in [0.05, 0.1) is 11.3 Å². The van der Waals surface area contributed by atoms with Gasteiger partial charge in [-0.1, -0.05) is 24.3 Å². The van der Waals surface area contributed by atoms with E-state index in [-0.39, 0.29) is 10.8 Å². The summed E-state index contributed by atoms with van der Waals surface area (Å²) >= 11 is 5.22. The van der Waals surface area contributed by atoms with Crippen LogP contribution in [0.4, 0.5) is 18.9 Å². The molecule has 1 heterocycles. The van der Waals surface area contributed by atoms with Crippen molar-refractivity contribution in [3.8, 4) is 5.69 Å². The number of nitrogens with zero attached hydrogens (tertiary/aromatic N) is 2. The van der Waals surface area contributed by atoms with E-state index in [4.69, 9.17) is 12.2 Å². The van der Waals surface area contributed by atoms with E-state index >= 15 is 0 Å². The van der Waals surface area contributed by atoms with Crippen molar-refractivity contribution < 1.29 is 13.2 Å². The molecule has 27 heavy (non-hydrogen) atoms. The van der Waals surface area contributed by atoms with E-state index in [1.165, 1.54) is 12.1 Å². The Morgan fingerprint density at radius 3 is 2.63 bits per heavy atom. The maximum atomic E-state index is 12.8. The van der Waals surface area contributed by atoms with Crippen LogP contribution in [0.15, 0.2) is 60.9 Å². The third kappa shape index (κ3) is 4.65. The largest absolute Gasteiger partial charge is 0.416 e. The maximum Gasteiger partial charge on any atom is 0.416 e. The van der Waals surface area contributed by atoms with E-state index in [0.29, 0.717) is 6.54 Å². The maximum absolute atomic E-state index is 12.8. The minimum Gasteiger partial charge on any atom is -0.358 e. The Morgan fingerprint density at radius 2 is 1.93 bits per heavy atom. The van der Waals surface area contributed by atoms with Crippen LogP contribution in [-0.4, -0.2) is 14.7 Å². The smallest absolute Gasteiger partial charge is 0.358 e. The molecule has 0 aliphatic carbocycles. The fourth-order valence-electron chi connectivity index (χ4n) is 2.65. The molecule has 0 aliphatic rings. The van der Waals surface area contributed by atoms with Crippen LogP contribution in [0.5, 0.6) is 0 Å². The Balaban J connectivity index is 1.68. The average Bonchev–Trinajstić information content (AvgIpc) is 3.05. The summed E-state index contributed by atoms with van der Waals surface area (Å²) in [5.74, 6) is 0.854. The molecule has 2 N–H and O–H groups in total. The number of benzene rings is 2. The molecular weight excluding hydrogens is 373 g/mol. The average molecular weight is 390 g/mol. The molecule has 0 saturated heterocycles. The summed E-state index contributed by atoms with van der Waals surface area (Å²) < 4.78 is 40.4. The van der Waals surface area contributed by atoms with Gasteiger partial charge in [-0.25, -0.2) is 4.98 Å². The summed E-state index contributed by atoms with van der Waals surface area (Å²) in [5, 5.41) is 6.07. The van der Waals surface area contributed by atoms with Crippen LogP contribution in [0.2, 0.25) is 0 Å². The van der Waals surface area contributed by atoms with Crippen LogP contribution >= 0.6 is 12.2 Å². The van der Waals surface area contributed by atoms with Crippen molar-refractivity contribution in [1.82, 2.24) is 14.9 Å². The molecule has 0 bridgehead atoms. The van der Waals surface area contributed by atoms with E-state index in [0.717, 1.165) is 29.2 Å². The van der Waals surface area contributed by atoms with Crippen molar-refractivity contribution >= 4 is 23.0 Å². The number of nitrogens with one attached hydrogen (secondary N) is 2. The van der Waals surface area contributed by atoms with Crippen LogP contribution in [0, 0.1) is 6.92 Å². The van der Waals surface area contributed by atoms with Crippen molar-refractivity contribution in [2.45, 2.75) is 19.6 Å². The van der Waals surface area contributed by atoms with Gasteiger partial charge < -0.3 is 15.2 Å². The summed E-state index contributed by atoms with van der Waals surface area (Å²) in [4.78, 5) is 4.23. The summed E-state index contributed by atoms with van der Waals surface area (Å²) in [6.45, 7) is 2.32. The predicted molar refractivity (Wildman–Crippen MR) is 103 cm³/mol. The van der Waals surface area contributed by atoms with Crippen molar-refractivity contribution in [1.29, 1.82) is 0 Å². The van der Waals surface area contributed by atoms with E-state index < -0.39 is 11.7 Å². The van der Waals surface area contributed by atoms with Gasteiger partial charge in [0.25, 0.3) is 0 Å². The van der Waals surface area contributed by atoms with Crippen LogP contribution in [0.1, 0.15) is 17.0 Å². The van der Waals surface area contributed by atoms with Gasteiger partial charge in [0.1, 0.15) is 5.82 Å². The number of thiocarbonyl (C=S) groups is 1. The molecule has 1 aromatic heterocycles. The minimum atomic E-state index is -4.39. The molecule has 0 atom stereocenters. The van der Waals surface area contributed by atoms with Crippen molar-refractivity contribution in [2.24, 2.45) is 0 Å². The van der Waals surface area contributed by atoms with Gasteiger partial charge in [-0.3, -0.25) is 0 Å². The van der Waals surface area contributed by atoms with E-state index in [1.807, 2.05) is 42.0 Å². The number of hydrogen-bond donors (Lipinski definition) is 2. The van der Waals surface area contributed by atoms with E-state index in [9.17, 15) is 13.2 Å². The lowest BCUT2D eigenvalue weighted by Crippen LogP contribution is -2.28. The monoisotopic (exact) mass is 390 g/mol. The molecule has 0 unspecified atom stereocenters. The Morgan fingerprint density at radius 1 is 1.15 bits per heavy atom. The number of imidazole rings is 1. The summed E-state index contributed by atoms with van der Waals surface area (Å²) in [5.41, 5.74) is 1.49. The number of hydrogen-bond acceptors (Lipinski definition) is 2.